The summed E-state index contributed by atoms with van der Waals surface area (Å²) < 4.78 is 6.35. The number of H-pyrrole nitrogens is 1. The maximum absolute atomic E-state index is 12.1. The van der Waals surface area contributed by atoms with E-state index in [0.717, 1.165) is 37.8 Å². The monoisotopic (exact) mass is 352 g/mol. The van der Waals surface area contributed by atoms with Crippen LogP contribution in [0.3, 0.4) is 0 Å². The lowest BCUT2D eigenvalue weighted by atomic mass is 10.1. The van der Waals surface area contributed by atoms with Crippen LogP contribution < -0.4 is 10.9 Å². The van der Waals surface area contributed by atoms with Crippen LogP contribution in [0.5, 0.6) is 0 Å². The normalized spacial score (nSPS) is 11.1. The first kappa shape index (κ1) is 15.6. The van der Waals surface area contributed by atoms with Crippen LogP contribution in [0.25, 0.3) is 21.3 Å². The Morgan fingerprint density at radius 2 is 2.12 bits per heavy atom. The second kappa shape index (κ2) is 6.18. The lowest BCUT2D eigenvalue weighted by Gasteiger charge is -2.06. The van der Waals surface area contributed by atoms with Crippen molar-refractivity contribution in [1.29, 1.82) is 0 Å². The molecule has 126 valence electrons. The number of benzene rings is 1. The Bertz CT molecular complexity index is 1060. The number of rotatable bonds is 4. The summed E-state index contributed by atoms with van der Waals surface area (Å²) in [6, 6.07) is 9.81. The third-order valence-corrected chi connectivity index (χ3v) is 5.03. The standard InChI is InChI=1S/C18H16N4O2S/c1-10-17(11(2)24-22-10)12-7-14(18(23)20-8-12)19-9-16-21-13-5-3-4-6-15(13)25-16/h3-8,19H,9H2,1-2H3,(H,20,23). The van der Waals surface area contributed by atoms with Gasteiger partial charge in [-0.3, -0.25) is 4.79 Å². The summed E-state index contributed by atoms with van der Waals surface area (Å²) >= 11 is 1.62. The van der Waals surface area contributed by atoms with E-state index in [1.54, 1.807) is 17.5 Å². The molecule has 0 saturated heterocycles. The minimum atomic E-state index is -0.170. The highest BCUT2D eigenvalue weighted by atomic mass is 32.1. The van der Waals surface area contributed by atoms with E-state index in [4.69, 9.17) is 4.52 Å². The number of aromatic amines is 1. The number of para-hydroxylation sites is 1. The molecule has 0 atom stereocenters. The van der Waals surface area contributed by atoms with Gasteiger partial charge in [0.15, 0.2) is 0 Å². The van der Waals surface area contributed by atoms with Crippen LogP contribution in [-0.2, 0) is 6.54 Å². The van der Waals surface area contributed by atoms with E-state index < -0.39 is 0 Å². The van der Waals surface area contributed by atoms with Crippen molar-refractivity contribution in [3.05, 3.63) is 63.3 Å². The van der Waals surface area contributed by atoms with Crippen LogP contribution >= 0.6 is 11.3 Å². The number of thiazole rings is 1. The quantitative estimate of drug-likeness (QED) is 0.582. The number of nitrogens with one attached hydrogen (secondary N) is 2. The van der Waals surface area contributed by atoms with Crippen LogP contribution in [0.1, 0.15) is 16.5 Å². The van der Waals surface area contributed by atoms with Crippen molar-refractivity contribution in [3.8, 4) is 11.1 Å². The lowest BCUT2D eigenvalue weighted by Crippen LogP contribution is -2.13. The number of aromatic nitrogens is 3. The smallest absolute Gasteiger partial charge is 0.271 e. The van der Waals surface area contributed by atoms with Crippen LogP contribution in [0.4, 0.5) is 5.69 Å². The Hall–Kier alpha value is -2.93. The molecule has 3 heterocycles. The molecular weight excluding hydrogens is 336 g/mol. The maximum atomic E-state index is 12.1. The van der Waals surface area contributed by atoms with E-state index in [1.165, 1.54) is 0 Å². The van der Waals surface area contributed by atoms with Gasteiger partial charge >= 0.3 is 0 Å². The Kier molecular flexibility index (Phi) is 3.85. The van der Waals surface area contributed by atoms with Crippen molar-refractivity contribution in [2.75, 3.05) is 5.32 Å². The minimum Gasteiger partial charge on any atom is -0.374 e. The molecule has 0 unspecified atom stereocenters. The molecule has 0 aliphatic rings. The predicted molar refractivity (Wildman–Crippen MR) is 99.0 cm³/mol. The van der Waals surface area contributed by atoms with E-state index in [1.807, 2.05) is 44.2 Å². The zero-order chi connectivity index (χ0) is 17.4. The van der Waals surface area contributed by atoms with Crippen molar-refractivity contribution < 1.29 is 4.52 Å². The molecule has 0 amide bonds. The molecule has 0 spiro atoms. The molecule has 0 radical (unpaired) electrons. The molecular formula is C18H16N4O2S. The molecule has 0 fully saturated rings. The van der Waals surface area contributed by atoms with Crippen LogP contribution in [0.2, 0.25) is 0 Å². The first-order valence-corrected chi connectivity index (χ1v) is 8.68. The van der Waals surface area contributed by atoms with Gasteiger partial charge in [0.25, 0.3) is 5.56 Å². The Morgan fingerprint density at radius 1 is 1.28 bits per heavy atom. The van der Waals surface area contributed by atoms with Gasteiger partial charge < -0.3 is 14.8 Å². The third-order valence-electron chi connectivity index (χ3n) is 3.99. The predicted octanol–water partition coefficient (Wildman–Crippen LogP) is 3.87. The summed E-state index contributed by atoms with van der Waals surface area (Å²) in [6.45, 7) is 4.23. The fraction of sp³-hybridized carbons (Fsp3) is 0.167. The highest BCUT2D eigenvalue weighted by Gasteiger charge is 2.13. The number of fused-ring (bicyclic) bond motifs is 1. The number of anilines is 1. The van der Waals surface area contributed by atoms with Crippen molar-refractivity contribution in [1.82, 2.24) is 15.1 Å². The topological polar surface area (TPSA) is 83.8 Å². The zero-order valence-electron chi connectivity index (χ0n) is 13.8. The number of pyridine rings is 1. The molecule has 25 heavy (non-hydrogen) atoms. The Balaban J connectivity index is 1.62. The van der Waals surface area contributed by atoms with E-state index in [-0.39, 0.29) is 5.56 Å². The molecule has 0 aliphatic heterocycles. The molecule has 2 N–H and O–H groups in total. The first-order valence-electron chi connectivity index (χ1n) is 7.86. The summed E-state index contributed by atoms with van der Waals surface area (Å²) in [7, 11) is 0. The van der Waals surface area contributed by atoms with Gasteiger partial charge in [0.2, 0.25) is 0 Å². The van der Waals surface area contributed by atoms with E-state index in [2.05, 4.69) is 20.4 Å². The van der Waals surface area contributed by atoms with Crippen molar-refractivity contribution in [2.45, 2.75) is 20.4 Å². The second-order valence-corrected chi connectivity index (χ2v) is 6.87. The number of nitrogens with zero attached hydrogens (tertiary/aromatic N) is 2. The molecule has 7 heteroatoms. The van der Waals surface area contributed by atoms with E-state index >= 15 is 0 Å². The van der Waals surface area contributed by atoms with Crippen LogP contribution in [0, 0.1) is 13.8 Å². The van der Waals surface area contributed by atoms with Gasteiger partial charge in [-0.2, -0.15) is 0 Å². The van der Waals surface area contributed by atoms with Crippen LogP contribution in [0.15, 0.2) is 45.8 Å². The molecule has 3 aromatic heterocycles. The molecule has 0 bridgehead atoms. The van der Waals surface area contributed by atoms with Gasteiger partial charge in [0.05, 0.1) is 22.5 Å². The molecule has 0 aliphatic carbocycles. The third kappa shape index (κ3) is 2.94. The number of aryl methyl sites for hydroxylation is 2. The van der Waals surface area contributed by atoms with E-state index in [9.17, 15) is 4.79 Å². The fourth-order valence-electron chi connectivity index (χ4n) is 2.82. The highest BCUT2D eigenvalue weighted by Crippen LogP contribution is 2.27. The average Bonchev–Trinajstić information content (AvgIpc) is 3.17. The number of hydrogen-bond donors (Lipinski definition) is 2. The van der Waals surface area contributed by atoms with Gasteiger partial charge in [0.1, 0.15) is 16.5 Å². The highest BCUT2D eigenvalue weighted by molar-refractivity contribution is 7.18. The van der Waals surface area contributed by atoms with Gasteiger partial charge in [-0.15, -0.1) is 11.3 Å². The molecule has 0 saturated carbocycles. The summed E-state index contributed by atoms with van der Waals surface area (Å²) in [5.41, 5.74) is 3.86. The van der Waals surface area contributed by atoms with E-state index in [0.29, 0.717) is 12.2 Å². The van der Waals surface area contributed by atoms with Crippen LogP contribution in [-0.4, -0.2) is 15.1 Å². The average molecular weight is 352 g/mol. The Morgan fingerprint density at radius 3 is 2.88 bits per heavy atom. The van der Waals surface area contributed by atoms with Gasteiger partial charge in [-0.1, -0.05) is 17.3 Å². The summed E-state index contributed by atoms with van der Waals surface area (Å²) in [5.74, 6) is 0.724. The van der Waals surface area contributed by atoms with Gasteiger partial charge in [-0.25, -0.2) is 4.98 Å². The molecule has 6 nitrogen and oxygen atoms in total. The first-order chi connectivity index (χ1) is 12.1. The van der Waals surface area contributed by atoms with Crippen molar-refractivity contribution >= 4 is 27.2 Å². The fourth-order valence-corrected chi connectivity index (χ4v) is 3.73. The molecule has 4 aromatic rings. The van der Waals surface area contributed by atoms with Crippen molar-refractivity contribution in [3.63, 3.8) is 0 Å². The van der Waals surface area contributed by atoms with Crippen molar-refractivity contribution in [2.24, 2.45) is 0 Å². The molecule has 1 aromatic carbocycles. The van der Waals surface area contributed by atoms with Gasteiger partial charge in [0, 0.05) is 17.3 Å². The summed E-state index contributed by atoms with van der Waals surface area (Å²) in [6.07, 6.45) is 1.68. The number of hydrogen-bond acceptors (Lipinski definition) is 6. The molecule has 4 rings (SSSR count). The Labute approximate surface area is 147 Å². The summed E-state index contributed by atoms with van der Waals surface area (Å²) in [5, 5.41) is 8.08. The lowest BCUT2D eigenvalue weighted by molar-refractivity contribution is 0.393. The maximum Gasteiger partial charge on any atom is 0.271 e. The minimum absolute atomic E-state index is 0.170. The zero-order valence-corrected chi connectivity index (χ0v) is 14.6. The van der Waals surface area contributed by atoms with Gasteiger partial charge in [-0.05, 0) is 32.0 Å². The second-order valence-electron chi connectivity index (χ2n) is 5.76. The largest absolute Gasteiger partial charge is 0.374 e. The SMILES string of the molecule is Cc1noc(C)c1-c1c[nH]c(=O)c(NCc2nc3ccccc3s2)c1. The summed E-state index contributed by atoms with van der Waals surface area (Å²) in [4.78, 5) is 19.5.